The van der Waals surface area contributed by atoms with Crippen molar-refractivity contribution in [2.24, 2.45) is 5.10 Å². The molecule has 122 valence electrons. The van der Waals surface area contributed by atoms with Crippen molar-refractivity contribution in [3.8, 4) is 0 Å². The lowest BCUT2D eigenvalue weighted by molar-refractivity contribution is -0.384. The molecule has 0 bridgehead atoms. The molecular formula is C17H16N4O3. The Bertz CT molecular complexity index is 811. The van der Waals surface area contributed by atoms with E-state index in [1.165, 1.54) is 18.3 Å². The monoisotopic (exact) mass is 324 g/mol. The zero-order chi connectivity index (χ0) is 17.5. The molecule has 0 atom stereocenters. The number of aromatic nitrogens is 1. The Labute approximate surface area is 138 Å². The molecule has 0 aliphatic rings. The average Bonchev–Trinajstić information content (AvgIpc) is 2.58. The lowest BCUT2D eigenvalue weighted by Gasteiger charge is -2.00. The number of carbonyl (C=O) groups is 1. The fraction of sp³-hybridized carbons (Fsp3) is 0.118. The number of nitro groups is 1. The highest BCUT2D eigenvalue weighted by Gasteiger charge is 2.05. The number of allylic oxidation sites excluding steroid dienone is 1. The highest BCUT2D eigenvalue weighted by molar-refractivity contribution is 5.99. The lowest BCUT2D eigenvalue weighted by atomic mass is 10.2. The Morgan fingerprint density at radius 2 is 2.12 bits per heavy atom. The number of benzene rings is 1. The van der Waals surface area contributed by atoms with E-state index in [0.717, 1.165) is 5.69 Å². The van der Waals surface area contributed by atoms with Crippen LogP contribution in [0.4, 0.5) is 5.69 Å². The van der Waals surface area contributed by atoms with Gasteiger partial charge in [0.05, 0.1) is 16.2 Å². The Balaban J connectivity index is 2.00. The number of pyridine rings is 1. The summed E-state index contributed by atoms with van der Waals surface area (Å²) >= 11 is 0. The number of rotatable bonds is 5. The minimum Gasteiger partial charge on any atom is -0.267 e. The second-order valence-electron chi connectivity index (χ2n) is 5.07. The number of hydrazone groups is 1. The van der Waals surface area contributed by atoms with Gasteiger partial charge in [-0.15, -0.1) is 0 Å². The van der Waals surface area contributed by atoms with E-state index in [4.69, 9.17) is 0 Å². The standard InChI is InChI=1S/C17H16N4O3/c1-12-7-9-15(11-18-12)17(22)20-19-13(2)6-8-14-4-3-5-16(10-14)21(23)24/h3-11H,1-2H3,(H,20,22)/b8-6+,19-13-. The Hall–Kier alpha value is -3.35. The number of nitrogens with zero attached hydrogens (tertiary/aromatic N) is 3. The zero-order valence-corrected chi connectivity index (χ0v) is 13.3. The summed E-state index contributed by atoms with van der Waals surface area (Å²) < 4.78 is 0. The fourth-order valence-corrected chi connectivity index (χ4v) is 1.80. The van der Waals surface area contributed by atoms with Crippen LogP contribution in [0.5, 0.6) is 0 Å². The smallest absolute Gasteiger partial charge is 0.267 e. The summed E-state index contributed by atoms with van der Waals surface area (Å²) in [7, 11) is 0. The second kappa shape index (κ2) is 7.77. The van der Waals surface area contributed by atoms with E-state index in [9.17, 15) is 14.9 Å². The summed E-state index contributed by atoms with van der Waals surface area (Å²) in [5, 5.41) is 14.7. The molecule has 0 saturated carbocycles. The van der Waals surface area contributed by atoms with Gasteiger partial charge in [0.15, 0.2) is 0 Å². The molecule has 0 aliphatic carbocycles. The van der Waals surface area contributed by atoms with Crippen molar-refractivity contribution in [1.29, 1.82) is 0 Å². The molecule has 0 spiro atoms. The first-order valence-corrected chi connectivity index (χ1v) is 7.15. The van der Waals surface area contributed by atoms with Crippen LogP contribution >= 0.6 is 0 Å². The van der Waals surface area contributed by atoms with Gasteiger partial charge in [-0.3, -0.25) is 19.9 Å². The van der Waals surface area contributed by atoms with E-state index < -0.39 is 4.92 Å². The van der Waals surface area contributed by atoms with Crippen LogP contribution in [0.3, 0.4) is 0 Å². The van der Waals surface area contributed by atoms with Crippen molar-refractivity contribution in [3.63, 3.8) is 0 Å². The number of amides is 1. The van der Waals surface area contributed by atoms with E-state index in [1.54, 1.807) is 43.3 Å². The van der Waals surface area contributed by atoms with Crippen LogP contribution in [0.25, 0.3) is 6.08 Å². The number of non-ortho nitro benzene ring substituents is 1. The second-order valence-corrected chi connectivity index (χ2v) is 5.07. The fourth-order valence-electron chi connectivity index (χ4n) is 1.80. The molecule has 2 rings (SSSR count). The highest BCUT2D eigenvalue weighted by atomic mass is 16.6. The zero-order valence-electron chi connectivity index (χ0n) is 13.3. The van der Waals surface area contributed by atoms with Crippen molar-refractivity contribution in [3.05, 3.63) is 75.6 Å². The van der Waals surface area contributed by atoms with Gasteiger partial charge in [-0.05, 0) is 37.6 Å². The van der Waals surface area contributed by atoms with Crippen LogP contribution < -0.4 is 5.43 Å². The Morgan fingerprint density at radius 1 is 1.33 bits per heavy atom. The average molecular weight is 324 g/mol. The summed E-state index contributed by atoms with van der Waals surface area (Å²) in [5.41, 5.74) is 4.92. The highest BCUT2D eigenvalue weighted by Crippen LogP contribution is 2.14. The van der Waals surface area contributed by atoms with Crippen LogP contribution in [-0.4, -0.2) is 21.5 Å². The van der Waals surface area contributed by atoms with Crippen molar-refractivity contribution in [2.75, 3.05) is 0 Å². The quantitative estimate of drug-likeness (QED) is 0.519. The van der Waals surface area contributed by atoms with Crippen LogP contribution in [0.15, 0.2) is 53.8 Å². The molecule has 7 heteroatoms. The molecule has 1 aromatic heterocycles. The predicted molar refractivity (Wildman–Crippen MR) is 91.7 cm³/mol. The number of hydrogen-bond acceptors (Lipinski definition) is 5. The van der Waals surface area contributed by atoms with E-state index in [1.807, 2.05) is 6.92 Å². The third-order valence-corrected chi connectivity index (χ3v) is 3.11. The first-order valence-electron chi connectivity index (χ1n) is 7.15. The molecule has 1 heterocycles. The van der Waals surface area contributed by atoms with Crippen molar-refractivity contribution < 1.29 is 9.72 Å². The predicted octanol–water partition coefficient (Wildman–Crippen LogP) is 3.12. The molecule has 0 radical (unpaired) electrons. The first-order chi connectivity index (χ1) is 11.5. The number of aryl methyl sites for hydroxylation is 1. The van der Waals surface area contributed by atoms with Gasteiger partial charge < -0.3 is 0 Å². The molecule has 24 heavy (non-hydrogen) atoms. The molecule has 0 fully saturated rings. The molecular weight excluding hydrogens is 308 g/mol. The van der Waals surface area contributed by atoms with Gasteiger partial charge in [-0.2, -0.15) is 5.10 Å². The topological polar surface area (TPSA) is 97.5 Å². The van der Waals surface area contributed by atoms with E-state index in [2.05, 4.69) is 15.5 Å². The maximum Gasteiger partial charge on any atom is 0.272 e. The van der Waals surface area contributed by atoms with Crippen molar-refractivity contribution >= 4 is 23.4 Å². The minimum absolute atomic E-state index is 0.0203. The van der Waals surface area contributed by atoms with Crippen molar-refractivity contribution in [1.82, 2.24) is 10.4 Å². The van der Waals surface area contributed by atoms with Crippen LogP contribution in [0.2, 0.25) is 0 Å². The van der Waals surface area contributed by atoms with Gasteiger partial charge in [0.25, 0.3) is 11.6 Å². The summed E-state index contributed by atoms with van der Waals surface area (Å²) in [6.45, 7) is 3.55. The van der Waals surface area contributed by atoms with Crippen LogP contribution in [-0.2, 0) is 0 Å². The Morgan fingerprint density at radius 3 is 2.79 bits per heavy atom. The van der Waals surface area contributed by atoms with Crippen molar-refractivity contribution in [2.45, 2.75) is 13.8 Å². The summed E-state index contributed by atoms with van der Waals surface area (Å²) in [5.74, 6) is -0.356. The minimum atomic E-state index is -0.450. The van der Waals surface area contributed by atoms with E-state index in [-0.39, 0.29) is 11.6 Å². The summed E-state index contributed by atoms with van der Waals surface area (Å²) in [6.07, 6.45) is 4.83. The molecule has 0 aliphatic heterocycles. The van der Waals surface area contributed by atoms with Gasteiger partial charge in [0.2, 0.25) is 0 Å². The normalized spacial score (nSPS) is 11.5. The third-order valence-electron chi connectivity index (χ3n) is 3.11. The SMILES string of the molecule is CC(/C=C/c1cccc([N+](=O)[O-])c1)=N/NC(=O)c1ccc(C)nc1. The lowest BCUT2D eigenvalue weighted by Crippen LogP contribution is -2.18. The number of carbonyl (C=O) groups excluding carboxylic acids is 1. The van der Waals surface area contributed by atoms with E-state index in [0.29, 0.717) is 16.8 Å². The van der Waals surface area contributed by atoms with Gasteiger partial charge in [0, 0.05) is 24.0 Å². The Kier molecular flexibility index (Phi) is 5.51. The first kappa shape index (κ1) is 17.0. The third kappa shape index (κ3) is 4.84. The van der Waals surface area contributed by atoms with Gasteiger partial charge >= 0.3 is 0 Å². The van der Waals surface area contributed by atoms with Gasteiger partial charge in [-0.25, -0.2) is 5.43 Å². The van der Waals surface area contributed by atoms with Gasteiger partial charge in [0.1, 0.15) is 0 Å². The largest absolute Gasteiger partial charge is 0.272 e. The van der Waals surface area contributed by atoms with E-state index >= 15 is 0 Å². The maximum absolute atomic E-state index is 11.9. The summed E-state index contributed by atoms with van der Waals surface area (Å²) in [4.78, 5) is 26.2. The number of nitro benzene ring substituents is 1. The maximum atomic E-state index is 11.9. The molecule has 1 N–H and O–H groups in total. The molecule has 1 amide bonds. The number of nitrogens with one attached hydrogen (secondary N) is 1. The molecule has 0 unspecified atom stereocenters. The molecule has 0 saturated heterocycles. The number of hydrogen-bond donors (Lipinski definition) is 1. The molecule has 2 aromatic rings. The van der Waals surface area contributed by atoms with Crippen LogP contribution in [0, 0.1) is 17.0 Å². The molecule has 1 aromatic carbocycles. The summed E-state index contributed by atoms with van der Waals surface area (Å²) in [6, 6.07) is 9.65. The van der Waals surface area contributed by atoms with Crippen LogP contribution in [0.1, 0.15) is 28.5 Å². The van der Waals surface area contributed by atoms with Gasteiger partial charge in [-0.1, -0.05) is 18.2 Å². The molecule has 7 nitrogen and oxygen atoms in total.